The van der Waals surface area contributed by atoms with E-state index in [0.717, 1.165) is 0 Å². The highest BCUT2D eigenvalue weighted by Gasteiger charge is 2.20. The SMILES string of the molecule is C.O=C1COc2cc(Cl)ccc2C(=O)N1. The molecule has 1 aromatic carbocycles. The molecule has 0 aromatic heterocycles. The zero-order valence-electron chi connectivity index (χ0n) is 7.04. The zero-order chi connectivity index (χ0) is 10.1. The van der Waals surface area contributed by atoms with E-state index >= 15 is 0 Å². The predicted octanol–water partition coefficient (Wildman–Crippen LogP) is 1.62. The van der Waals surface area contributed by atoms with E-state index in [-0.39, 0.29) is 14.0 Å². The van der Waals surface area contributed by atoms with Gasteiger partial charge in [-0.15, -0.1) is 0 Å². The molecule has 2 amide bonds. The molecule has 0 saturated carbocycles. The van der Waals surface area contributed by atoms with Gasteiger partial charge in [0.1, 0.15) is 5.75 Å². The third-order valence-electron chi connectivity index (χ3n) is 1.80. The Morgan fingerprint density at radius 3 is 2.80 bits per heavy atom. The largest absolute Gasteiger partial charge is 0.483 e. The smallest absolute Gasteiger partial charge is 0.264 e. The Balaban J connectivity index is 0.00000112. The first-order valence-electron chi connectivity index (χ1n) is 3.93. The van der Waals surface area contributed by atoms with Crippen molar-refractivity contribution in [3.8, 4) is 5.75 Å². The highest BCUT2D eigenvalue weighted by atomic mass is 35.5. The minimum absolute atomic E-state index is 0. The van der Waals surface area contributed by atoms with Crippen LogP contribution in [0.2, 0.25) is 5.02 Å². The van der Waals surface area contributed by atoms with Crippen molar-refractivity contribution in [2.45, 2.75) is 7.43 Å². The second-order valence-electron chi connectivity index (χ2n) is 2.81. The molecule has 15 heavy (non-hydrogen) atoms. The van der Waals surface area contributed by atoms with Gasteiger partial charge in [0.2, 0.25) is 0 Å². The minimum Gasteiger partial charge on any atom is -0.483 e. The number of amides is 2. The zero-order valence-corrected chi connectivity index (χ0v) is 7.80. The Kier molecular flexibility index (Phi) is 3.31. The molecular formula is C10H10ClNO3. The molecule has 80 valence electrons. The molecule has 0 fully saturated rings. The van der Waals surface area contributed by atoms with Gasteiger partial charge in [-0.3, -0.25) is 14.9 Å². The number of carbonyl (C=O) groups excluding carboxylic acids is 2. The van der Waals surface area contributed by atoms with E-state index in [2.05, 4.69) is 5.32 Å². The molecule has 5 heteroatoms. The Morgan fingerprint density at radius 1 is 1.33 bits per heavy atom. The predicted molar refractivity (Wildman–Crippen MR) is 56.2 cm³/mol. The van der Waals surface area contributed by atoms with E-state index in [9.17, 15) is 9.59 Å². The topological polar surface area (TPSA) is 55.4 Å². The van der Waals surface area contributed by atoms with Crippen LogP contribution in [-0.4, -0.2) is 18.4 Å². The number of nitrogens with one attached hydrogen (secondary N) is 1. The van der Waals surface area contributed by atoms with Crippen molar-refractivity contribution in [1.82, 2.24) is 5.32 Å². The Labute approximate surface area is 92.2 Å². The molecular weight excluding hydrogens is 218 g/mol. The Bertz CT molecular complexity index is 417. The van der Waals surface area contributed by atoms with Crippen molar-refractivity contribution in [2.75, 3.05) is 6.61 Å². The first-order valence-corrected chi connectivity index (χ1v) is 4.31. The summed E-state index contributed by atoms with van der Waals surface area (Å²) in [6.07, 6.45) is 0. The number of benzene rings is 1. The molecule has 0 spiro atoms. The first-order chi connectivity index (χ1) is 6.66. The van der Waals surface area contributed by atoms with Crippen LogP contribution in [0.1, 0.15) is 17.8 Å². The van der Waals surface area contributed by atoms with Crippen LogP contribution in [0.15, 0.2) is 18.2 Å². The lowest BCUT2D eigenvalue weighted by Crippen LogP contribution is -2.31. The summed E-state index contributed by atoms with van der Waals surface area (Å²) in [5.41, 5.74) is 0.320. The molecule has 1 aliphatic heterocycles. The Hall–Kier alpha value is -1.55. The van der Waals surface area contributed by atoms with E-state index in [1.165, 1.54) is 12.1 Å². The minimum atomic E-state index is -0.459. The number of fused-ring (bicyclic) bond motifs is 1. The van der Waals surface area contributed by atoms with Gasteiger partial charge < -0.3 is 4.74 Å². The van der Waals surface area contributed by atoms with Crippen LogP contribution in [0.3, 0.4) is 0 Å². The fourth-order valence-corrected chi connectivity index (χ4v) is 1.34. The number of ether oxygens (including phenoxy) is 1. The molecule has 0 atom stereocenters. The molecule has 0 radical (unpaired) electrons. The number of rotatable bonds is 0. The van der Waals surface area contributed by atoms with Crippen molar-refractivity contribution in [2.24, 2.45) is 0 Å². The van der Waals surface area contributed by atoms with E-state index in [1.807, 2.05) is 0 Å². The lowest BCUT2D eigenvalue weighted by atomic mass is 10.2. The van der Waals surface area contributed by atoms with Crippen LogP contribution >= 0.6 is 11.6 Å². The summed E-state index contributed by atoms with van der Waals surface area (Å²) in [6.45, 7) is -0.168. The molecule has 2 rings (SSSR count). The van der Waals surface area contributed by atoms with E-state index in [1.54, 1.807) is 6.07 Å². The van der Waals surface area contributed by atoms with Gasteiger partial charge in [-0.1, -0.05) is 19.0 Å². The summed E-state index contributed by atoms with van der Waals surface area (Å²) >= 11 is 5.72. The Morgan fingerprint density at radius 2 is 2.07 bits per heavy atom. The van der Waals surface area contributed by atoms with Crippen molar-refractivity contribution < 1.29 is 14.3 Å². The molecule has 0 aliphatic carbocycles. The van der Waals surface area contributed by atoms with Gasteiger partial charge in [0.15, 0.2) is 6.61 Å². The van der Waals surface area contributed by atoms with E-state index in [4.69, 9.17) is 16.3 Å². The summed E-state index contributed by atoms with van der Waals surface area (Å²) in [4.78, 5) is 22.3. The van der Waals surface area contributed by atoms with Gasteiger partial charge in [-0.2, -0.15) is 0 Å². The van der Waals surface area contributed by atoms with Gasteiger partial charge in [0, 0.05) is 5.02 Å². The number of imide groups is 1. The van der Waals surface area contributed by atoms with Gasteiger partial charge in [-0.25, -0.2) is 0 Å². The summed E-state index contributed by atoms with van der Waals surface area (Å²) in [5.74, 6) is -0.581. The van der Waals surface area contributed by atoms with Gasteiger partial charge in [0.05, 0.1) is 5.56 Å². The third kappa shape index (κ3) is 2.27. The molecule has 1 aliphatic rings. The monoisotopic (exact) mass is 227 g/mol. The van der Waals surface area contributed by atoms with Crippen LogP contribution in [-0.2, 0) is 4.79 Å². The van der Waals surface area contributed by atoms with Crippen LogP contribution in [0.25, 0.3) is 0 Å². The van der Waals surface area contributed by atoms with Gasteiger partial charge >= 0.3 is 0 Å². The lowest BCUT2D eigenvalue weighted by Gasteiger charge is -2.03. The van der Waals surface area contributed by atoms with Crippen molar-refractivity contribution in [1.29, 1.82) is 0 Å². The average Bonchev–Trinajstić information content (AvgIpc) is 2.26. The first kappa shape index (κ1) is 11.5. The average molecular weight is 228 g/mol. The molecule has 0 saturated heterocycles. The van der Waals surface area contributed by atoms with Gasteiger partial charge in [0.25, 0.3) is 11.8 Å². The van der Waals surface area contributed by atoms with Crippen LogP contribution in [0.5, 0.6) is 5.75 Å². The summed E-state index contributed by atoms with van der Waals surface area (Å²) < 4.78 is 5.09. The summed E-state index contributed by atoms with van der Waals surface area (Å²) in [7, 11) is 0. The highest BCUT2D eigenvalue weighted by molar-refractivity contribution is 6.31. The third-order valence-corrected chi connectivity index (χ3v) is 2.04. The summed E-state index contributed by atoms with van der Waals surface area (Å²) in [6, 6.07) is 4.60. The van der Waals surface area contributed by atoms with Crippen molar-refractivity contribution >= 4 is 23.4 Å². The summed E-state index contributed by atoms with van der Waals surface area (Å²) in [5, 5.41) is 2.64. The molecule has 0 unspecified atom stereocenters. The fraction of sp³-hybridized carbons (Fsp3) is 0.200. The number of hydrogen-bond donors (Lipinski definition) is 1. The molecule has 1 heterocycles. The normalized spacial score (nSPS) is 14.2. The second-order valence-corrected chi connectivity index (χ2v) is 3.24. The van der Waals surface area contributed by atoms with Crippen molar-refractivity contribution in [3.63, 3.8) is 0 Å². The maximum absolute atomic E-state index is 11.4. The standard InChI is InChI=1S/C9H6ClNO3.CH4/c10-5-1-2-6-7(3-5)14-4-8(12)11-9(6)13;/h1-3H,4H2,(H,11,12,13);1H4. The fourth-order valence-electron chi connectivity index (χ4n) is 1.18. The lowest BCUT2D eigenvalue weighted by molar-refractivity contribution is -0.121. The quantitative estimate of drug-likeness (QED) is 0.686. The van der Waals surface area contributed by atoms with Gasteiger partial charge in [-0.05, 0) is 18.2 Å². The number of hydrogen-bond acceptors (Lipinski definition) is 3. The molecule has 1 N–H and O–H groups in total. The molecule has 1 aromatic rings. The van der Waals surface area contributed by atoms with E-state index in [0.29, 0.717) is 16.3 Å². The van der Waals surface area contributed by atoms with Crippen LogP contribution in [0, 0.1) is 0 Å². The highest BCUT2D eigenvalue weighted by Crippen LogP contribution is 2.24. The van der Waals surface area contributed by atoms with E-state index < -0.39 is 11.8 Å². The maximum Gasteiger partial charge on any atom is 0.264 e. The number of carbonyl (C=O) groups is 2. The van der Waals surface area contributed by atoms with Crippen molar-refractivity contribution in [3.05, 3.63) is 28.8 Å². The van der Waals surface area contributed by atoms with Crippen LogP contribution in [0.4, 0.5) is 0 Å². The number of halogens is 1. The second kappa shape index (κ2) is 4.31. The molecule has 4 nitrogen and oxygen atoms in total. The van der Waals surface area contributed by atoms with Crippen LogP contribution < -0.4 is 10.1 Å². The molecule has 0 bridgehead atoms. The maximum atomic E-state index is 11.4.